The Hall–Kier alpha value is -1.67. The number of hydrogen-bond acceptors (Lipinski definition) is 2. The molecule has 0 saturated carbocycles. The van der Waals surface area contributed by atoms with Crippen LogP contribution in [0.4, 0.5) is 0 Å². The summed E-state index contributed by atoms with van der Waals surface area (Å²) in [5.41, 5.74) is 1.56. The van der Waals surface area contributed by atoms with Gasteiger partial charge in [0.1, 0.15) is 0 Å². The molecule has 0 heterocycles. The van der Waals surface area contributed by atoms with Crippen molar-refractivity contribution < 1.29 is 9.90 Å². The third kappa shape index (κ3) is 2.08. The molecule has 0 aliphatic carbocycles. The van der Waals surface area contributed by atoms with Crippen molar-refractivity contribution in [1.29, 1.82) is 0 Å². The van der Waals surface area contributed by atoms with Crippen LogP contribution in [0.25, 0.3) is 10.8 Å². The van der Waals surface area contributed by atoms with E-state index in [-0.39, 0.29) is 5.92 Å². The van der Waals surface area contributed by atoms with Crippen LogP contribution in [0.3, 0.4) is 0 Å². The molecule has 2 nitrogen and oxygen atoms in total. The van der Waals surface area contributed by atoms with E-state index in [4.69, 9.17) is 0 Å². The lowest BCUT2D eigenvalue weighted by atomic mass is 9.92. The minimum absolute atomic E-state index is 0.153. The van der Waals surface area contributed by atoms with Gasteiger partial charge in [-0.05, 0) is 22.3 Å². The molecule has 0 aliphatic heterocycles. The Morgan fingerprint density at radius 1 is 1.06 bits per heavy atom. The van der Waals surface area contributed by atoms with E-state index in [2.05, 4.69) is 0 Å². The van der Waals surface area contributed by atoms with Crippen LogP contribution in [-0.4, -0.2) is 11.4 Å². The Balaban J connectivity index is 2.70. The zero-order chi connectivity index (χ0) is 12.4. The van der Waals surface area contributed by atoms with E-state index in [1.54, 1.807) is 6.07 Å². The lowest BCUT2D eigenvalue weighted by molar-refractivity contribution is 0.112. The second kappa shape index (κ2) is 4.68. The molecule has 1 N–H and O–H groups in total. The third-order valence-corrected chi connectivity index (χ3v) is 3.07. The van der Waals surface area contributed by atoms with Crippen molar-refractivity contribution in [3.63, 3.8) is 0 Å². The minimum Gasteiger partial charge on any atom is -0.388 e. The molecule has 1 atom stereocenters. The molecule has 0 spiro atoms. The standard InChI is InChI=1S/C15H16O2/c1-10(2)15(17)14-8-7-11(9-16)12-5-3-4-6-13(12)14/h3-10,15,17H,1-2H3. The number of hydrogen-bond donors (Lipinski definition) is 1. The van der Waals surface area contributed by atoms with Crippen molar-refractivity contribution in [2.45, 2.75) is 20.0 Å². The number of fused-ring (bicyclic) bond motifs is 1. The third-order valence-electron chi connectivity index (χ3n) is 3.07. The van der Waals surface area contributed by atoms with Gasteiger partial charge < -0.3 is 5.11 Å². The Morgan fingerprint density at radius 2 is 1.71 bits per heavy atom. The van der Waals surface area contributed by atoms with E-state index in [0.29, 0.717) is 5.56 Å². The van der Waals surface area contributed by atoms with Gasteiger partial charge in [-0.1, -0.05) is 50.2 Å². The molecule has 1 unspecified atom stereocenters. The first-order chi connectivity index (χ1) is 8.15. The highest BCUT2D eigenvalue weighted by Gasteiger charge is 2.15. The predicted octanol–water partition coefficient (Wildman–Crippen LogP) is 3.34. The lowest BCUT2D eigenvalue weighted by Gasteiger charge is -2.17. The van der Waals surface area contributed by atoms with Gasteiger partial charge in [0.15, 0.2) is 6.29 Å². The molecule has 2 aromatic rings. The van der Waals surface area contributed by atoms with Crippen molar-refractivity contribution in [3.05, 3.63) is 47.5 Å². The molecular weight excluding hydrogens is 212 g/mol. The topological polar surface area (TPSA) is 37.3 Å². The van der Waals surface area contributed by atoms with Crippen molar-refractivity contribution in [1.82, 2.24) is 0 Å². The van der Waals surface area contributed by atoms with Crippen molar-refractivity contribution in [2.75, 3.05) is 0 Å². The van der Waals surface area contributed by atoms with Gasteiger partial charge in [0.2, 0.25) is 0 Å². The smallest absolute Gasteiger partial charge is 0.150 e. The van der Waals surface area contributed by atoms with Gasteiger partial charge >= 0.3 is 0 Å². The maximum absolute atomic E-state index is 11.0. The number of carbonyl (C=O) groups is 1. The largest absolute Gasteiger partial charge is 0.388 e. The van der Waals surface area contributed by atoms with Crippen LogP contribution < -0.4 is 0 Å². The maximum atomic E-state index is 11.0. The van der Waals surface area contributed by atoms with Gasteiger partial charge in [-0.3, -0.25) is 4.79 Å². The first-order valence-electron chi connectivity index (χ1n) is 5.80. The molecule has 0 radical (unpaired) electrons. The fourth-order valence-electron chi connectivity index (χ4n) is 2.07. The Bertz CT molecular complexity index is 544. The molecule has 2 heteroatoms. The maximum Gasteiger partial charge on any atom is 0.150 e. The second-order valence-electron chi connectivity index (χ2n) is 4.60. The van der Waals surface area contributed by atoms with Crippen LogP contribution >= 0.6 is 0 Å². The number of benzene rings is 2. The average molecular weight is 228 g/mol. The summed E-state index contributed by atoms with van der Waals surface area (Å²) in [5.74, 6) is 0.153. The molecule has 0 amide bonds. The highest BCUT2D eigenvalue weighted by atomic mass is 16.3. The molecule has 88 valence electrons. The van der Waals surface area contributed by atoms with Crippen LogP contribution in [0.5, 0.6) is 0 Å². The lowest BCUT2D eigenvalue weighted by Crippen LogP contribution is -2.06. The van der Waals surface area contributed by atoms with Gasteiger partial charge in [0.05, 0.1) is 6.10 Å². The van der Waals surface area contributed by atoms with Crippen LogP contribution in [0.2, 0.25) is 0 Å². The molecule has 2 rings (SSSR count). The fourth-order valence-corrected chi connectivity index (χ4v) is 2.07. The highest BCUT2D eigenvalue weighted by Crippen LogP contribution is 2.30. The Kier molecular flexibility index (Phi) is 3.25. The van der Waals surface area contributed by atoms with Crippen LogP contribution in [0, 0.1) is 5.92 Å². The van der Waals surface area contributed by atoms with Crippen molar-refractivity contribution >= 4 is 17.1 Å². The summed E-state index contributed by atoms with van der Waals surface area (Å²) >= 11 is 0. The van der Waals surface area contributed by atoms with Crippen LogP contribution in [0.1, 0.15) is 35.9 Å². The zero-order valence-corrected chi connectivity index (χ0v) is 10.1. The molecule has 17 heavy (non-hydrogen) atoms. The van der Waals surface area contributed by atoms with E-state index >= 15 is 0 Å². The summed E-state index contributed by atoms with van der Waals surface area (Å²) in [6.07, 6.45) is 0.356. The molecule has 2 aromatic carbocycles. The highest BCUT2D eigenvalue weighted by molar-refractivity contribution is 5.99. The van der Waals surface area contributed by atoms with Crippen LogP contribution in [-0.2, 0) is 0 Å². The van der Waals surface area contributed by atoms with Gasteiger partial charge in [0, 0.05) is 5.56 Å². The van der Waals surface area contributed by atoms with E-state index in [9.17, 15) is 9.90 Å². The van der Waals surface area contributed by atoms with Gasteiger partial charge in [-0.15, -0.1) is 0 Å². The summed E-state index contributed by atoms with van der Waals surface area (Å²) < 4.78 is 0. The predicted molar refractivity (Wildman–Crippen MR) is 69.1 cm³/mol. The summed E-state index contributed by atoms with van der Waals surface area (Å²) in [7, 11) is 0. The summed E-state index contributed by atoms with van der Waals surface area (Å²) in [6, 6.07) is 11.3. The van der Waals surface area contributed by atoms with E-state index < -0.39 is 6.10 Å². The molecule has 0 saturated heterocycles. The van der Waals surface area contributed by atoms with Gasteiger partial charge in [0.25, 0.3) is 0 Å². The average Bonchev–Trinajstić information content (AvgIpc) is 2.36. The van der Waals surface area contributed by atoms with E-state index in [0.717, 1.165) is 22.6 Å². The molecule has 0 fully saturated rings. The first-order valence-corrected chi connectivity index (χ1v) is 5.80. The first kappa shape index (κ1) is 11.8. The number of aldehydes is 1. The molecule has 0 aromatic heterocycles. The minimum atomic E-state index is -0.499. The number of aliphatic hydroxyl groups is 1. The quantitative estimate of drug-likeness (QED) is 0.818. The number of aliphatic hydroxyl groups excluding tert-OH is 1. The van der Waals surface area contributed by atoms with Crippen molar-refractivity contribution in [3.8, 4) is 0 Å². The van der Waals surface area contributed by atoms with E-state index in [1.807, 2.05) is 44.2 Å². The monoisotopic (exact) mass is 228 g/mol. The van der Waals surface area contributed by atoms with Gasteiger partial charge in [-0.2, -0.15) is 0 Å². The molecular formula is C15H16O2. The zero-order valence-electron chi connectivity index (χ0n) is 10.1. The number of carbonyl (C=O) groups excluding carboxylic acids is 1. The number of rotatable bonds is 3. The Morgan fingerprint density at radius 3 is 2.29 bits per heavy atom. The fraction of sp³-hybridized carbons (Fsp3) is 0.267. The normalized spacial score (nSPS) is 12.9. The van der Waals surface area contributed by atoms with Crippen LogP contribution in [0.15, 0.2) is 36.4 Å². The molecule has 0 aliphatic rings. The second-order valence-corrected chi connectivity index (χ2v) is 4.60. The van der Waals surface area contributed by atoms with Crippen molar-refractivity contribution in [2.24, 2.45) is 5.92 Å². The summed E-state index contributed by atoms with van der Waals surface area (Å²) in [5, 5.41) is 12.0. The summed E-state index contributed by atoms with van der Waals surface area (Å²) in [6.45, 7) is 3.96. The Labute approximate surface area is 101 Å². The summed E-state index contributed by atoms with van der Waals surface area (Å²) in [4.78, 5) is 11.0. The molecule has 0 bridgehead atoms. The van der Waals surface area contributed by atoms with E-state index in [1.165, 1.54) is 0 Å². The van der Waals surface area contributed by atoms with Gasteiger partial charge in [-0.25, -0.2) is 0 Å². The SMILES string of the molecule is CC(C)C(O)c1ccc(C=O)c2ccccc12.